The molecule has 2 fully saturated rings. The second kappa shape index (κ2) is 7.98. The maximum atomic E-state index is 12.5. The molecule has 2 aliphatic rings. The largest absolute Gasteiger partial charge is 0.372 e. The molecule has 1 saturated carbocycles. The van der Waals surface area contributed by atoms with Crippen molar-refractivity contribution < 1.29 is 13.2 Å². The van der Waals surface area contributed by atoms with Crippen LogP contribution in [0.2, 0.25) is 0 Å². The van der Waals surface area contributed by atoms with Crippen molar-refractivity contribution in [2.24, 2.45) is 5.92 Å². The van der Waals surface area contributed by atoms with Crippen molar-refractivity contribution in [3.05, 3.63) is 30.3 Å². The summed E-state index contributed by atoms with van der Waals surface area (Å²) in [5.74, 6) is 0.886. The average Bonchev–Trinajstić information content (AvgIpc) is 3.44. The first kappa shape index (κ1) is 17.9. The van der Waals surface area contributed by atoms with Gasteiger partial charge in [-0.15, -0.1) is 0 Å². The maximum Gasteiger partial charge on any atom is 0.179 e. The van der Waals surface area contributed by atoms with Crippen LogP contribution >= 0.6 is 0 Å². The van der Waals surface area contributed by atoms with E-state index in [4.69, 9.17) is 4.74 Å². The molecule has 0 amide bonds. The molecule has 4 nitrogen and oxygen atoms in total. The average molecular weight is 352 g/mol. The van der Waals surface area contributed by atoms with Crippen LogP contribution in [0.1, 0.15) is 39.0 Å². The summed E-state index contributed by atoms with van der Waals surface area (Å²) in [6.07, 6.45) is 6.54. The fourth-order valence-electron chi connectivity index (χ4n) is 3.45. The van der Waals surface area contributed by atoms with Gasteiger partial charge in [0.1, 0.15) is 0 Å². The molecule has 0 aromatic heterocycles. The Hall–Kier alpha value is -0.910. The van der Waals surface area contributed by atoms with E-state index < -0.39 is 9.84 Å². The van der Waals surface area contributed by atoms with Gasteiger partial charge in [-0.3, -0.25) is 4.90 Å². The first-order valence-electron chi connectivity index (χ1n) is 9.24. The zero-order chi connectivity index (χ0) is 17.0. The van der Waals surface area contributed by atoms with E-state index in [1.807, 2.05) is 6.07 Å². The maximum absolute atomic E-state index is 12.5. The van der Waals surface area contributed by atoms with Gasteiger partial charge in [0.2, 0.25) is 0 Å². The molecular weight excluding hydrogens is 322 g/mol. The Morgan fingerprint density at radius 3 is 2.58 bits per heavy atom. The molecule has 3 rings (SSSR count). The normalized spacial score (nSPS) is 25.7. The molecule has 1 aliphatic carbocycles. The topological polar surface area (TPSA) is 46.6 Å². The monoisotopic (exact) mass is 351 g/mol. The number of hydrogen-bond donors (Lipinski definition) is 0. The first-order valence-corrected chi connectivity index (χ1v) is 10.9. The van der Waals surface area contributed by atoms with Gasteiger partial charge in [-0.25, -0.2) is 8.42 Å². The number of unbranched alkanes of at least 4 members (excludes halogenated alkanes) is 1. The lowest BCUT2D eigenvalue weighted by atomic mass is 10.1. The quantitative estimate of drug-likeness (QED) is 0.722. The Morgan fingerprint density at radius 1 is 1.17 bits per heavy atom. The smallest absolute Gasteiger partial charge is 0.179 e. The number of morpholine rings is 1. The molecule has 5 heteroatoms. The Kier molecular flexibility index (Phi) is 5.95. The summed E-state index contributed by atoms with van der Waals surface area (Å²) in [4.78, 5) is 2.74. The molecule has 0 radical (unpaired) electrons. The molecule has 0 N–H and O–H groups in total. The van der Waals surface area contributed by atoms with Crippen molar-refractivity contribution in [2.75, 3.05) is 25.4 Å². The van der Waals surface area contributed by atoms with E-state index >= 15 is 0 Å². The summed E-state index contributed by atoms with van der Waals surface area (Å²) in [6.45, 7) is 4.56. The summed E-state index contributed by atoms with van der Waals surface area (Å²) in [5.41, 5.74) is 0. The highest BCUT2D eigenvalue weighted by atomic mass is 32.2. The third-order valence-corrected chi connectivity index (χ3v) is 6.78. The number of nitrogens with zero attached hydrogens (tertiary/aromatic N) is 1. The van der Waals surface area contributed by atoms with E-state index in [0.29, 0.717) is 23.5 Å². The fourth-order valence-corrected chi connectivity index (χ4v) is 4.75. The fraction of sp³-hybridized carbons (Fsp3) is 0.684. The first-order chi connectivity index (χ1) is 11.6. The van der Waals surface area contributed by atoms with Crippen molar-refractivity contribution in [1.29, 1.82) is 0 Å². The zero-order valence-electron chi connectivity index (χ0n) is 14.6. The Morgan fingerprint density at radius 2 is 1.92 bits per heavy atom. The Balaban J connectivity index is 1.58. The summed E-state index contributed by atoms with van der Waals surface area (Å²) in [5, 5.41) is 0. The van der Waals surface area contributed by atoms with Gasteiger partial charge in [0.15, 0.2) is 9.84 Å². The van der Waals surface area contributed by atoms with Crippen LogP contribution in [0.15, 0.2) is 35.2 Å². The molecule has 1 saturated heterocycles. The lowest BCUT2D eigenvalue weighted by Crippen LogP contribution is -2.49. The lowest BCUT2D eigenvalue weighted by Gasteiger charge is -2.38. The predicted molar refractivity (Wildman–Crippen MR) is 95.8 cm³/mol. The third kappa shape index (κ3) is 4.80. The van der Waals surface area contributed by atoms with E-state index in [0.717, 1.165) is 19.5 Å². The highest BCUT2D eigenvalue weighted by Gasteiger charge is 2.38. The van der Waals surface area contributed by atoms with Gasteiger partial charge in [-0.2, -0.15) is 0 Å². The van der Waals surface area contributed by atoms with Gasteiger partial charge in [0.25, 0.3) is 0 Å². The van der Waals surface area contributed by atoms with E-state index in [1.165, 1.54) is 25.7 Å². The van der Waals surface area contributed by atoms with E-state index in [-0.39, 0.29) is 11.9 Å². The van der Waals surface area contributed by atoms with Crippen molar-refractivity contribution in [3.8, 4) is 0 Å². The van der Waals surface area contributed by atoms with Crippen LogP contribution in [-0.2, 0) is 14.6 Å². The van der Waals surface area contributed by atoms with E-state index in [1.54, 1.807) is 24.3 Å². The minimum absolute atomic E-state index is 0.189. The van der Waals surface area contributed by atoms with Gasteiger partial charge in [-0.1, -0.05) is 38.0 Å². The summed E-state index contributed by atoms with van der Waals surface area (Å²) in [6, 6.07) is 8.79. The van der Waals surface area contributed by atoms with Crippen LogP contribution in [0.4, 0.5) is 0 Å². The molecule has 2 atom stereocenters. The lowest BCUT2D eigenvalue weighted by molar-refractivity contribution is -0.0956. The molecule has 0 bridgehead atoms. The number of rotatable bonds is 8. The van der Waals surface area contributed by atoms with Crippen LogP contribution < -0.4 is 0 Å². The number of ether oxygens (including phenoxy) is 1. The van der Waals surface area contributed by atoms with Crippen molar-refractivity contribution >= 4 is 9.84 Å². The molecule has 1 aliphatic heterocycles. The number of benzene rings is 1. The van der Waals surface area contributed by atoms with Crippen LogP contribution in [0.25, 0.3) is 0 Å². The molecule has 24 heavy (non-hydrogen) atoms. The third-order valence-electron chi connectivity index (χ3n) is 5.07. The van der Waals surface area contributed by atoms with Gasteiger partial charge in [0, 0.05) is 19.6 Å². The second-order valence-corrected chi connectivity index (χ2v) is 9.28. The minimum atomic E-state index is -3.20. The minimum Gasteiger partial charge on any atom is -0.372 e. The van der Waals surface area contributed by atoms with Gasteiger partial charge < -0.3 is 4.74 Å². The molecule has 1 aromatic carbocycles. The van der Waals surface area contributed by atoms with E-state index in [9.17, 15) is 8.42 Å². The van der Waals surface area contributed by atoms with Gasteiger partial charge in [0.05, 0.1) is 22.9 Å². The van der Waals surface area contributed by atoms with Crippen LogP contribution in [-0.4, -0.2) is 50.9 Å². The molecule has 134 valence electrons. The van der Waals surface area contributed by atoms with Gasteiger partial charge in [-0.05, 0) is 37.3 Å². The Labute approximate surface area is 146 Å². The molecular formula is C19H29NO3S. The highest BCUT2D eigenvalue weighted by Crippen LogP contribution is 2.37. The van der Waals surface area contributed by atoms with Crippen LogP contribution in [0, 0.1) is 5.92 Å². The summed E-state index contributed by atoms with van der Waals surface area (Å²) < 4.78 is 31.3. The summed E-state index contributed by atoms with van der Waals surface area (Å²) in [7, 11) is -3.20. The van der Waals surface area contributed by atoms with Crippen LogP contribution in [0.3, 0.4) is 0 Å². The zero-order valence-corrected chi connectivity index (χ0v) is 15.4. The standard InChI is InChI=1S/C19H29NO3S/c1-2-3-7-17-14-20(15-19(23-17)16-10-11-16)12-13-24(21,22)18-8-5-4-6-9-18/h4-6,8-9,16-17,19H,2-3,7,10-15H2,1H3/t17-,19-/m1/s1. The van der Waals surface area contributed by atoms with Crippen molar-refractivity contribution in [3.63, 3.8) is 0 Å². The molecule has 1 heterocycles. The highest BCUT2D eigenvalue weighted by molar-refractivity contribution is 7.91. The Bertz CT molecular complexity index is 613. The molecule has 0 unspecified atom stereocenters. The van der Waals surface area contributed by atoms with Crippen molar-refractivity contribution in [2.45, 2.75) is 56.1 Å². The number of hydrogen-bond acceptors (Lipinski definition) is 4. The molecule has 0 spiro atoms. The molecule has 1 aromatic rings. The predicted octanol–water partition coefficient (Wildman–Crippen LogP) is 3.13. The van der Waals surface area contributed by atoms with Crippen LogP contribution in [0.5, 0.6) is 0 Å². The van der Waals surface area contributed by atoms with Crippen molar-refractivity contribution in [1.82, 2.24) is 4.90 Å². The summed E-state index contributed by atoms with van der Waals surface area (Å²) >= 11 is 0. The SMILES string of the molecule is CCCC[C@@H]1CN(CCS(=O)(=O)c2ccccc2)C[C@H](C2CC2)O1. The van der Waals surface area contributed by atoms with E-state index in [2.05, 4.69) is 11.8 Å². The van der Waals surface area contributed by atoms with Gasteiger partial charge >= 0.3 is 0 Å². The number of sulfone groups is 1. The second-order valence-electron chi connectivity index (χ2n) is 7.17.